The van der Waals surface area contributed by atoms with E-state index in [1.165, 1.54) is 11.1 Å². The standard InChI is InChI=1S/C12H11N/c1-2-10-8-12(13-9-10)11-6-4-3-5-7-11/h2-8H,1,9H2. The van der Waals surface area contributed by atoms with Crippen molar-refractivity contribution in [2.24, 2.45) is 4.99 Å². The highest BCUT2D eigenvalue weighted by Gasteiger charge is 2.06. The maximum absolute atomic E-state index is 4.41. The maximum Gasteiger partial charge on any atom is 0.0654 e. The Kier molecular flexibility index (Phi) is 2.09. The van der Waals surface area contributed by atoms with Crippen molar-refractivity contribution in [1.29, 1.82) is 0 Å². The first-order chi connectivity index (χ1) is 6.40. The Bertz CT molecular complexity index is 371. The number of hydrogen-bond acceptors (Lipinski definition) is 1. The molecule has 0 spiro atoms. The lowest BCUT2D eigenvalue weighted by Gasteiger charge is -1.95. The van der Waals surface area contributed by atoms with E-state index in [1.54, 1.807) is 0 Å². The van der Waals surface area contributed by atoms with Gasteiger partial charge in [0, 0.05) is 0 Å². The molecule has 64 valence electrons. The molecule has 0 saturated carbocycles. The van der Waals surface area contributed by atoms with Crippen LogP contribution in [-0.4, -0.2) is 12.3 Å². The minimum absolute atomic E-state index is 0.772. The zero-order valence-corrected chi connectivity index (χ0v) is 7.40. The summed E-state index contributed by atoms with van der Waals surface area (Å²) in [6.07, 6.45) is 3.95. The second kappa shape index (κ2) is 3.40. The monoisotopic (exact) mass is 169 g/mol. The van der Waals surface area contributed by atoms with E-state index in [9.17, 15) is 0 Å². The average molecular weight is 169 g/mol. The molecular weight excluding hydrogens is 158 g/mol. The van der Waals surface area contributed by atoms with E-state index in [1.807, 2.05) is 24.3 Å². The van der Waals surface area contributed by atoms with E-state index in [0.717, 1.165) is 12.3 Å². The molecule has 1 aromatic carbocycles. The fourth-order valence-corrected chi connectivity index (χ4v) is 1.35. The number of rotatable bonds is 2. The molecule has 0 atom stereocenters. The van der Waals surface area contributed by atoms with Gasteiger partial charge in [-0.3, -0.25) is 4.99 Å². The molecule has 0 saturated heterocycles. The van der Waals surface area contributed by atoms with Crippen molar-refractivity contribution in [2.45, 2.75) is 0 Å². The summed E-state index contributed by atoms with van der Waals surface area (Å²) in [5.74, 6) is 0. The zero-order chi connectivity index (χ0) is 9.10. The van der Waals surface area contributed by atoms with Crippen LogP contribution in [0.4, 0.5) is 0 Å². The molecule has 1 nitrogen and oxygen atoms in total. The third kappa shape index (κ3) is 1.59. The first-order valence-electron chi connectivity index (χ1n) is 4.33. The molecule has 0 aliphatic carbocycles. The molecule has 1 aliphatic rings. The quantitative estimate of drug-likeness (QED) is 0.645. The van der Waals surface area contributed by atoms with Gasteiger partial charge in [0.05, 0.1) is 12.3 Å². The third-order valence-electron chi connectivity index (χ3n) is 2.09. The van der Waals surface area contributed by atoms with Gasteiger partial charge in [-0.15, -0.1) is 0 Å². The van der Waals surface area contributed by atoms with Crippen LogP contribution in [0.2, 0.25) is 0 Å². The normalized spacial score (nSPS) is 15.1. The third-order valence-corrected chi connectivity index (χ3v) is 2.09. The number of nitrogens with zero attached hydrogens (tertiary/aromatic N) is 1. The van der Waals surface area contributed by atoms with Crippen molar-refractivity contribution < 1.29 is 0 Å². The summed E-state index contributed by atoms with van der Waals surface area (Å²) in [5.41, 5.74) is 3.44. The van der Waals surface area contributed by atoms with Gasteiger partial charge in [-0.2, -0.15) is 0 Å². The largest absolute Gasteiger partial charge is 0.280 e. The summed E-state index contributed by atoms with van der Waals surface area (Å²) in [6.45, 7) is 4.50. The van der Waals surface area contributed by atoms with Crippen LogP contribution in [-0.2, 0) is 0 Å². The van der Waals surface area contributed by atoms with Gasteiger partial charge in [0.25, 0.3) is 0 Å². The Morgan fingerprint density at radius 3 is 2.62 bits per heavy atom. The van der Waals surface area contributed by atoms with Crippen LogP contribution in [0.25, 0.3) is 0 Å². The van der Waals surface area contributed by atoms with Crippen molar-refractivity contribution in [3.63, 3.8) is 0 Å². The predicted octanol–water partition coefficient (Wildman–Crippen LogP) is 2.60. The molecule has 2 rings (SSSR count). The van der Waals surface area contributed by atoms with E-state index in [4.69, 9.17) is 0 Å². The molecule has 1 aliphatic heterocycles. The van der Waals surface area contributed by atoms with E-state index in [-0.39, 0.29) is 0 Å². The second-order valence-corrected chi connectivity index (χ2v) is 2.99. The minimum Gasteiger partial charge on any atom is -0.280 e. The van der Waals surface area contributed by atoms with Crippen molar-refractivity contribution in [3.05, 3.63) is 60.2 Å². The maximum atomic E-state index is 4.41. The van der Waals surface area contributed by atoms with Crippen molar-refractivity contribution in [2.75, 3.05) is 6.54 Å². The second-order valence-electron chi connectivity index (χ2n) is 2.99. The van der Waals surface area contributed by atoms with Crippen LogP contribution in [0.3, 0.4) is 0 Å². The van der Waals surface area contributed by atoms with Gasteiger partial charge in [-0.25, -0.2) is 0 Å². The summed E-state index contributed by atoms with van der Waals surface area (Å²) >= 11 is 0. The lowest BCUT2D eigenvalue weighted by atomic mass is 10.1. The highest BCUT2D eigenvalue weighted by Crippen LogP contribution is 2.12. The van der Waals surface area contributed by atoms with E-state index >= 15 is 0 Å². The molecule has 1 heterocycles. The summed E-state index contributed by atoms with van der Waals surface area (Å²) < 4.78 is 0. The fraction of sp³-hybridized carbons (Fsp3) is 0.0833. The van der Waals surface area contributed by atoms with Gasteiger partial charge in [-0.05, 0) is 17.2 Å². The van der Waals surface area contributed by atoms with Crippen molar-refractivity contribution in [3.8, 4) is 0 Å². The molecule has 0 unspecified atom stereocenters. The molecule has 0 fully saturated rings. The Hall–Kier alpha value is -1.63. The number of hydrogen-bond donors (Lipinski definition) is 0. The fourth-order valence-electron chi connectivity index (χ4n) is 1.35. The molecule has 0 radical (unpaired) electrons. The van der Waals surface area contributed by atoms with Crippen molar-refractivity contribution >= 4 is 5.71 Å². The summed E-state index contributed by atoms with van der Waals surface area (Å²) in [6, 6.07) is 10.2. The van der Waals surface area contributed by atoms with Crippen molar-refractivity contribution in [1.82, 2.24) is 0 Å². The van der Waals surface area contributed by atoms with Crippen LogP contribution in [0.5, 0.6) is 0 Å². The molecule has 13 heavy (non-hydrogen) atoms. The van der Waals surface area contributed by atoms with Crippen LogP contribution >= 0.6 is 0 Å². The highest BCUT2D eigenvalue weighted by molar-refractivity contribution is 6.10. The average Bonchev–Trinajstić information content (AvgIpc) is 2.67. The molecule has 0 amide bonds. The SMILES string of the molecule is C=CC1=CC(c2ccccc2)=NC1. The van der Waals surface area contributed by atoms with Crippen LogP contribution in [0.15, 0.2) is 59.6 Å². The number of allylic oxidation sites excluding steroid dienone is 1. The van der Waals surface area contributed by atoms with Crippen LogP contribution < -0.4 is 0 Å². The first kappa shape index (κ1) is 7.99. The van der Waals surface area contributed by atoms with E-state index in [0.29, 0.717) is 0 Å². The smallest absolute Gasteiger partial charge is 0.0654 e. The van der Waals surface area contributed by atoms with Gasteiger partial charge in [0.2, 0.25) is 0 Å². The molecular formula is C12H11N. The summed E-state index contributed by atoms with van der Waals surface area (Å²) in [4.78, 5) is 4.41. The molecule has 1 aromatic rings. The lowest BCUT2D eigenvalue weighted by molar-refractivity contribution is 1.22. The highest BCUT2D eigenvalue weighted by atomic mass is 14.8. The van der Waals surface area contributed by atoms with E-state index < -0.39 is 0 Å². The Balaban J connectivity index is 2.30. The van der Waals surface area contributed by atoms with E-state index in [2.05, 4.69) is 29.8 Å². The van der Waals surface area contributed by atoms with Gasteiger partial charge >= 0.3 is 0 Å². The Labute approximate surface area is 78.1 Å². The number of benzene rings is 1. The Morgan fingerprint density at radius 2 is 2.00 bits per heavy atom. The minimum atomic E-state index is 0.772. The zero-order valence-electron chi connectivity index (χ0n) is 7.40. The van der Waals surface area contributed by atoms with Gasteiger partial charge in [-0.1, -0.05) is 43.0 Å². The van der Waals surface area contributed by atoms with Gasteiger partial charge < -0.3 is 0 Å². The molecule has 0 aromatic heterocycles. The Morgan fingerprint density at radius 1 is 1.23 bits per heavy atom. The van der Waals surface area contributed by atoms with Gasteiger partial charge in [0.15, 0.2) is 0 Å². The van der Waals surface area contributed by atoms with Gasteiger partial charge in [0.1, 0.15) is 0 Å². The molecule has 0 bridgehead atoms. The van der Waals surface area contributed by atoms with Crippen LogP contribution in [0.1, 0.15) is 5.56 Å². The molecule has 1 heteroatoms. The predicted molar refractivity (Wildman–Crippen MR) is 56.1 cm³/mol. The molecule has 0 N–H and O–H groups in total. The first-order valence-corrected chi connectivity index (χ1v) is 4.33. The van der Waals surface area contributed by atoms with Crippen LogP contribution in [0, 0.1) is 0 Å². The summed E-state index contributed by atoms with van der Waals surface area (Å²) in [5, 5.41) is 0. The lowest BCUT2D eigenvalue weighted by Crippen LogP contribution is -1.92. The summed E-state index contributed by atoms with van der Waals surface area (Å²) in [7, 11) is 0. The number of aliphatic imine (C=N–C) groups is 1. The topological polar surface area (TPSA) is 12.4 Å².